The first-order chi connectivity index (χ1) is 9.97. The molecule has 1 N–H and O–H groups in total. The molecular formula is C14H15BrFNO4. The lowest BCUT2D eigenvalue weighted by Crippen LogP contribution is -2.41. The summed E-state index contributed by atoms with van der Waals surface area (Å²) in [5.74, 6) is -1.57. The first-order valence-corrected chi connectivity index (χ1v) is 7.34. The molecule has 0 spiro atoms. The smallest absolute Gasteiger partial charge is 0.329 e. The lowest BCUT2D eigenvalue weighted by molar-refractivity contribution is -0.145. The van der Waals surface area contributed by atoms with E-state index in [4.69, 9.17) is 9.84 Å². The van der Waals surface area contributed by atoms with Gasteiger partial charge in [0.15, 0.2) is 0 Å². The first-order valence-electron chi connectivity index (χ1n) is 6.55. The van der Waals surface area contributed by atoms with Crippen LogP contribution in [0.5, 0.6) is 0 Å². The van der Waals surface area contributed by atoms with E-state index in [0.717, 1.165) is 0 Å². The van der Waals surface area contributed by atoms with Crippen LogP contribution in [0.15, 0.2) is 22.7 Å². The molecule has 2 rings (SSSR count). The molecule has 21 heavy (non-hydrogen) atoms. The average molecular weight is 360 g/mol. The Hall–Kier alpha value is -1.47. The number of halogens is 2. The number of ether oxygens (including phenoxy) is 1. The third-order valence-corrected chi connectivity index (χ3v) is 3.95. The number of aliphatic carboxylic acids is 1. The highest BCUT2D eigenvalue weighted by atomic mass is 79.9. The van der Waals surface area contributed by atoms with Crippen molar-refractivity contribution in [1.82, 2.24) is 4.90 Å². The largest absolute Gasteiger partial charge is 0.480 e. The fourth-order valence-corrected chi connectivity index (χ4v) is 2.61. The van der Waals surface area contributed by atoms with Crippen LogP contribution in [0.25, 0.3) is 0 Å². The summed E-state index contributed by atoms with van der Waals surface area (Å²) < 4.78 is 18.6. The van der Waals surface area contributed by atoms with Crippen LogP contribution in [0, 0.1) is 5.82 Å². The van der Waals surface area contributed by atoms with Gasteiger partial charge in [-0.25, -0.2) is 9.18 Å². The molecule has 1 aliphatic heterocycles. The molecule has 0 aromatic heterocycles. The molecule has 0 radical (unpaired) electrons. The van der Waals surface area contributed by atoms with E-state index in [9.17, 15) is 14.0 Å². The Bertz CT molecular complexity index is 544. The maximum absolute atomic E-state index is 13.2. The van der Waals surface area contributed by atoms with Crippen LogP contribution in [0.1, 0.15) is 23.2 Å². The topological polar surface area (TPSA) is 66.8 Å². The highest BCUT2D eigenvalue weighted by Gasteiger charge is 2.24. The van der Waals surface area contributed by atoms with Crippen molar-refractivity contribution in [3.8, 4) is 0 Å². The summed E-state index contributed by atoms with van der Waals surface area (Å²) in [5.41, 5.74) is 0.424. The van der Waals surface area contributed by atoms with E-state index in [1.807, 2.05) is 0 Å². The second kappa shape index (κ2) is 7.00. The molecule has 7 heteroatoms. The number of hydrogen-bond donors (Lipinski definition) is 1. The van der Waals surface area contributed by atoms with Gasteiger partial charge in [0.2, 0.25) is 0 Å². The number of amides is 1. The van der Waals surface area contributed by atoms with Gasteiger partial charge < -0.3 is 14.7 Å². The minimum absolute atomic E-state index is 0.134. The number of carbonyl (C=O) groups is 2. The molecule has 0 bridgehead atoms. The van der Waals surface area contributed by atoms with Gasteiger partial charge in [-0.05, 0) is 47.0 Å². The van der Waals surface area contributed by atoms with Crippen molar-refractivity contribution in [2.45, 2.75) is 18.9 Å². The number of carboxylic acid groups (broad SMARTS) is 1. The Balaban J connectivity index is 1.90. The second-order valence-corrected chi connectivity index (χ2v) is 5.68. The van der Waals surface area contributed by atoms with E-state index in [1.165, 1.54) is 18.2 Å². The minimum Gasteiger partial charge on any atom is -0.480 e. The molecule has 0 saturated carbocycles. The molecule has 1 fully saturated rings. The fourth-order valence-electron chi connectivity index (χ4n) is 2.23. The Kier molecular flexibility index (Phi) is 5.30. The number of carbonyl (C=O) groups excluding carboxylic acids is 1. The summed E-state index contributed by atoms with van der Waals surface area (Å²) in [5, 5.41) is 8.56. The summed E-state index contributed by atoms with van der Waals surface area (Å²) in [7, 11) is 0. The predicted molar refractivity (Wildman–Crippen MR) is 76.6 cm³/mol. The van der Waals surface area contributed by atoms with Gasteiger partial charge in [-0.3, -0.25) is 4.79 Å². The molecule has 1 amide bonds. The Morgan fingerprint density at radius 1 is 1.38 bits per heavy atom. The molecular weight excluding hydrogens is 345 g/mol. The maximum atomic E-state index is 13.2. The number of carboxylic acids is 1. The number of nitrogens with zero attached hydrogens (tertiary/aromatic N) is 1. The van der Waals surface area contributed by atoms with Gasteiger partial charge in [0.1, 0.15) is 12.4 Å². The van der Waals surface area contributed by atoms with Crippen LogP contribution in [0.4, 0.5) is 4.39 Å². The number of rotatable bonds is 4. The van der Waals surface area contributed by atoms with Gasteiger partial charge >= 0.3 is 5.97 Å². The fraction of sp³-hybridized carbons (Fsp3) is 0.429. The third-order valence-electron chi connectivity index (χ3n) is 3.34. The number of likely N-dealkylation sites (tertiary alicyclic amines) is 1. The standard InChI is InChI=1S/C14H15BrFNO4/c15-11-7-9(1-2-12(11)16)14(20)17-5-3-10(4-6-17)21-8-13(18)19/h1-2,7,10H,3-6,8H2,(H,18,19). The van der Waals surface area contributed by atoms with E-state index in [0.29, 0.717) is 31.5 Å². The monoisotopic (exact) mass is 359 g/mol. The third kappa shape index (κ3) is 4.25. The van der Waals surface area contributed by atoms with E-state index in [1.54, 1.807) is 4.90 Å². The van der Waals surface area contributed by atoms with Gasteiger partial charge in [-0.1, -0.05) is 0 Å². The van der Waals surface area contributed by atoms with Gasteiger partial charge in [0, 0.05) is 18.7 Å². The lowest BCUT2D eigenvalue weighted by Gasteiger charge is -2.31. The van der Waals surface area contributed by atoms with Gasteiger partial charge in [0.05, 0.1) is 10.6 Å². The molecule has 0 atom stereocenters. The molecule has 5 nitrogen and oxygen atoms in total. The summed E-state index contributed by atoms with van der Waals surface area (Å²) in [6.45, 7) is 0.680. The van der Waals surface area contributed by atoms with Crippen LogP contribution >= 0.6 is 15.9 Å². The molecule has 1 saturated heterocycles. The van der Waals surface area contributed by atoms with E-state index < -0.39 is 11.8 Å². The van der Waals surface area contributed by atoms with Crippen LogP contribution in [-0.4, -0.2) is 47.7 Å². The van der Waals surface area contributed by atoms with Crippen molar-refractivity contribution in [2.75, 3.05) is 19.7 Å². The predicted octanol–water partition coefficient (Wildman–Crippen LogP) is 2.29. The zero-order chi connectivity index (χ0) is 15.4. The van der Waals surface area contributed by atoms with Crippen molar-refractivity contribution in [2.24, 2.45) is 0 Å². The Labute approximate surface area is 129 Å². The molecule has 1 aromatic carbocycles. The highest BCUT2D eigenvalue weighted by Crippen LogP contribution is 2.20. The van der Waals surface area contributed by atoms with E-state index in [-0.39, 0.29) is 23.1 Å². The summed E-state index contributed by atoms with van der Waals surface area (Å²) in [4.78, 5) is 24.4. The van der Waals surface area contributed by atoms with Gasteiger partial charge in [-0.15, -0.1) is 0 Å². The average Bonchev–Trinajstić information content (AvgIpc) is 2.48. The molecule has 1 heterocycles. The molecule has 1 aromatic rings. The van der Waals surface area contributed by atoms with E-state index in [2.05, 4.69) is 15.9 Å². The van der Waals surface area contributed by atoms with Crippen LogP contribution in [0.2, 0.25) is 0 Å². The van der Waals surface area contributed by atoms with Crippen molar-refractivity contribution < 1.29 is 23.8 Å². The van der Waals surface area contributed by atoms with E-state index >= 15 is 0 Å². The van der Waals surface area contributed by atoms with Gasteiger partial charge in [-0.2, -0.15) is 0 Å². The number of piperidine rings is 1. The lowest BCUT2D eigenvalue weighted by atomic mass is 10.1. The molecule has 0 unspecified atom stereocenters. The minimum atomic E-state index is -0.996. The molecule has 114 valence electrons. The molecule has 0 aliphatic carbocycles. The summed E-state index contributed by atoms with van der Waals surface area (Å²) >= 11 is 3.06. The zero-order valence-corrected chi connectivity index (χ0v) is 12.8. The quantitative estimate of drug-likeness (QED) is 0.895. The second-order valence-electron chi connectivity index (χ2n) is 4.83. The van der Waals surface area contributed by atoms with Crippen LogP contribution < -0.4 is 0 Å². The van der Waals surface area contributed by atoms with Crippen molar-refractivity contribution >= 4 is 27.8 Å². The Morgan fingerprint density at radius 2 is 2.05 bits per heavy atom. The van der Waals surface area contributed by atoms with Gasteiger partial charge in [0.25, 0.3) is 5.91 Å². The van der Waals surface area contributed by atoms with Crippen molar-refractivity contribution in [3.63, 3.8) is 0 Å². The normalized spacial score (nSPS) is 16.0. The number of hydrogen-bond acceptors (Lipinski definition) is 3. The summed E-state index contributed by atoms with van der Waals surface area (Å²) in [6.07, 6.45) is 1.06. The first kappa shape index (κ1) is 15.9. The highest BCUT2D eigenvalue weighted by molar-refractivity contribution is 9.10. The SMILES string of the molecule is O=C(O)COC1CCN(C(=O)c2ccc(F)c(Br)c2)CC1. The van der Waals surface area contributed by atoms with Crippen molar-refractivity contribution in [1.29, 1.82) is 0 Å². The van der Waals surface area contributed by atoms with Crippen LogP contribution in [-0.2, 0) is 9.53 Å². The van der Waals surface area contributed by atoms with Crippen LogP contribution in [0.3, 0.4) is 0 Å². The Morgan fingerprint density at radius 3 is 2.62 bits per heavy atom. The summed E-state index contributed by atoms with van der Waals surface area (Å²) in [6, 6.07) is 4.17. The maximum Gasteiger partial charge on any atom is 0.329 e. The number of benzene rings is 1. The molecule has 1 aliphatic rings. The zero-order valence-electron chi connectivity index (χ0n) is 11.2. The van der Waals surface area contributed by atoms with Crippen molar-refractivity contribution in [3.05, 3.63) is 34.1 Å².